The lowest BCUT2D eigenvalue weighted by Gasteiger charge is -2.10. The van der Waals surface area contributed by atoms with Gasteiger partial charge in [-0.1, -0.05) is 39.0 Å². The minimum atomic E-state index is -0.268. The number of likely N-dealkylation sites (N-methyl/N-ethyl adjacent to an activating group) is 1. The molecule has 0 spiro atoms. The van der Waals surface area contributed by atoms with Crippen molar-refractivity contribution in [3.63, 3.8) is 0 Å². The summed E-state index contributed by atoms with van der Waals surface area (Å²) in [5, 5.41) is 0. The third-order valence-corrected chi connectivity index (χ3v) is 2.59. The average Bonchev–Trinajstić information content (AvgIpc) is 2.30. The molecule has 0 saturated carbocycles. The van der Waals surface area contributed by atoms with E-state index in [0.717, 1.165) is 12.8 Å². The first kappa shape index (κ1) is 15.9. The molecule has 0 aliphatic rings. The molecule has 0 bridgehead atoms. The Labute approximate surface area is 104 Å². The Kier molecular flexibility index (Phi) is 9.49. The summed E-state index contributed by atoms with van der Waals surface area (Å²) in [7, 11) is 3.29. The number of ether oxygens (including phenoxy) is 1. The lowest BCUT2D eigenvalue weighted by Crippen LogP contribution is -2.27. The lowest BCUT2D eigenvalue weighted by molar-refractivity contribution is -0.151. The van der Waals surface area contributed by atoms with Crippen LogP contribution in [0.5, 0.6) is 0 Å². The van der Waals surface area contributed by atoms with Gasteiger partial charge in [0.2, 0.25) is 0 Å². The normalized spacial score (nSPS) is 10.1. The van der Waals surface area contributed by atoms with Gasteiger partial charge < -0.3 is 9.64 Å². The molecule has 0 heterocycles. The molecule has 0 aliphatic carbocycles. The molecular weight excluding hydrogens is 218 g/mol. The second-order valence-electron chi connectivity index (χ2n) is 4.47. The Morgan fingerprint density at radius 3 is 2.18 bits per heavy atom. The summed E-state index contributed by atoms with van der Waals surface area (Å²) in [5.41, 5.74) is 0. The molecule has 0 aromatic rings. The van der Waals surface area contributed by atoms with E-state index < -0.39 is 0 Å². The van der Waals surface area contributed by atoms with Crippen molar-refractivity contribution in [1.82, 2.24) is 4.90 Å². The van der Waals surface area contributed by atoms with Crippen molar-refractivity contribution in [3.8, 4) is 0 Å². The molecule has 0 N–H and O–H groups in total. The standard InChI is InChI=1S/C13H25NO3/c1-4-5-6-7-8-9-10-13(16)17-11-12(15)14(2)3/h4-11H2,1-3H3. The van der Waals surface area contributed by atoms with Gasteiger partial charge in [0.05, 0.1) is 0 Å². The SMILES string of the molecule is CCCCCCCCC(=O)OCC(=O)N(C)C. The zero-order valence-corrected chi connectivity index (χ0v) is 11.3. The number of esters is 1. The number of rotatable bonds is 9. The zero-order chi connectivity index (χ0) is 13.1. The number of hydrogen-bond donors (Lipinski definition) is 0. The zero-order valence-electron chi connectivity index (χ0n) is 11.3. The molecule has 0 atom stereocenters. The van der Waals surface area contributed by atoms with Gasteiger partial charge in [0.15, 0.2) is 6.61 Å². The molecule has 0 aromatic carbocycles. The topological polar surface area (TPSA) is 46.6 Å². The van der Waals surface area contributed by atoms with E-state index in [0.29, 0.717) is 6.42 Å². The van der Waals surface area contributed by atoms with Gasteiger partial charge in [-0.05, 0) is 6.42 Å². The van der Waals surface area contributed by atoms with Crippen molar-refractivity contribution in [1.29, 1.82) is 0 Å². The second-order valence-corrected chi connectivity index (χ2v) is 4.47. The maximum Gasteiger partial charge on any atom is 0.306 e. The van der Waals surface area contributed by atoms with E-state index in [-0.39, 0.29) is 18.5 Å². The highest BCUT2D eigenvalue weighted by atomic mass is 16.5. The van der Waals surface area contributed by atoms with Crippen molar-refractivity contribution < 1.29 is 14.3 Å². The van der Waals surface area contributed by atoms with E-state index in [1.165, 1.54) is 30.6 Å². The highest BCUT2D eigenvalue weighted by Gasteiger charge is 2.08. The fraction of sp³-hybridized carbons (Fsp3) is 0.846. The highest BCUT2D eigenvalue weighted by molar-refractivity contribution is 5.80. The number of hydrogen-bond acceptors (Lipinski definition) is 3. The highest BCUT2D eigenvalue weighted by Crippen LogP contribution is 2.07. The van der Waals surface area contributed by atoms with Crippen molar-refractivity contribution in [2.24, 2.45) is 0 Å². The first-order valence-electron chi connectivity index (χ1n) is 6.43. The number of unbranched alkanes of at least 4 members (excludes halogenated alkanes) is 5. The van der Waals surface area contributed by atoms with Crippen LogP contribution in [0, 0.1) is 0 Å². The van der Waals surface area contributed by atoms with Crippen LogP contribution in [0.4, 0.5) is 0 Å². The Balaban J connectivity index is 3.38. The van der Waals surface area contributed by atoms with Crippen LogP contribution in [0.25, 0.3) is 0 Å². The molecule has 0 aromatic heterocycles. The molecule has 100 valence electrons. The van der Waals surface area contributed by atoms with Crippen LogP contribution in [-0.2, 0) is 14.3 Å². The van der Waals surface area contributed by atoms with Crippen LogP contribution in [-0.4, -0.2) is 37.5 Å². The third kappa shape index (κ3) is 9.85. The largest absolute Gasteiger partial charge is 0.456 e. The fourth-order valence-electron chi connectivity index (χ4n) is 1.39. The molecule has 0 radical (unpaired) electrons. The van der Waals surface area contributed by atoms with Gasteiger partial charge in [-0.3, -0.25) is 9.59 Å². The predicted molar refractivity (Wildman–Crippen MR) is 67.6 cm³/mol. The summed E-state index contributed by atoms with van der Waals surface area (Å²) < 4.78 is 4.86. The van der Waals surface area contributed by atoms with Gasteiger partial charge in [0.1, 0.15) is 0 Å². The van der Waals surface area contributed by atoms with E-state index >= 15 is 0 Å². The van der Waals surface area contributed by atoms with Gasteiger partial charge in [0, 0.05) is 20.5 Å². The van der Waals surface area contributed by atoms with Gasteiger partial charge in [-0.25, -0.2) is 0 Å². The predicted octanol–water partition coefficient (Wildman–Crippen LogP) is 2.37. The Morgan fingerprint density at radius 1 is 1.00 bits per heavy atom. The smallest absolute Gasteiger partial charge is 0.306 e. The second kappa shape index (κ2) is 10.1. The Morgan fingerprint density at radius 2 is 1.59 bits per heavy atom. The molecule has 0 unspecified atom stereocenters. The maximum absolute atomic E-state index is 11.3. The molecule has 0 aliphatic heterocycles. The van der Waals surface area contributed by atoms with Gasteiger partial charge >= 0.3 is 5.97 Å². The minimum absolute atomic E-state index is 0.137. The van der Waals surface area contributed by atoms with E-state index in [4.69, 9.17) is 4.74 Å². The molecular formula is C13H25NO3. The minimum Gasteiger partial charge on any atom is -0.456 e. The fourth-order valence-corrected chi connectivity index (χ4v) is 1.39. The first-order chi connectivity index (χ1) is 8.07. The van der Waals surface area contributed by atoms with Crippen LogP contribution < -0.4 is 0 Å². The molecule has 17 heavy (non-hydrogen) atoms. The summed E-state index contributed by atoms with van der Waals surface area (Å²) in [4.78, 5) is 23.8. The molecule has 0 rings (SSSR count). The summed E-state index contributed by atoms with van der Waals surface area (Å²) in [5.74, 6) is -0.447. The maximum atomic E-state index is 11.3. The van der Waals surface area contributed by atoms with E-state index in [2.05, 4.69) is 6.92 Å². The monoisotopic (exact) mass is 243 g/mol. The summed E-state index contributed by atoms with van der Waals surface area (Å²) in [6, 6.07) is 0. The van der Waals surface area contributed by atoms with Crippen molar-refractivity contribution in [2.75, 3.05) is 20.7 Å². The summed E-state index contributed by atoms with van der Waals surface area (Å²) >= 11 is 0. The Hall–Kier alpha value is -1.06. The molecule has 1 amide bonds. The van der Waals surface area contributed by atoms with Crippen molar-refractivity contribution in [2.45, 2.75) is 51.9 Å². The Bertz CT molecular complexity index is 227. The van der Waals surface area contributed by atoms with Crippen molar-refractivity contribution in [3.05, 3.63) is 0 Å². The number of amides is 1. The van der Waals surface area contributed by atoms with Gasteiger partial charge in [-0.15, -0.1) is 0 Å². The van der Waals surface area contributed by atoms with Gasteiger partial charge in [-0.2, -0.15) is 0 Å². The van der Waals surface area contributed by atoms with E-state index in [9.17, 15) is 9.59 Å². The number of carbonyl (C=O) groups is 2. The van der Waals surface area contributed by atoms with Crippen LogP contribution in [0.2, 0.25) is 0 Å². The average molecular weight is 243 g/mol. The van der Waals surface area contributed by atoms with Crippen LogP contribution in [0.15, 0.2) is 0 Å². The van der Waals surface area contributed by atoms with Crippen molar-refractivity contribution >= 4 is 11.9 Å². The molecule has 0 saturated heterocycles. The summed E-state index contributed by atoms with van der Waals surface area (Å²) in [6.07, 6.45) is 7.27. The van der Waals surface area contributed by atoms with Crippen LogP contribution in [0.1, 0.15) is 51.9 Å². The quantitative estimate of drug-likeness (QED) is 0.461. The molecule has 0 fully saturated rings. The number of carbonyl (C=O) groups excluding carboxylic acids is 2. The van der Waals surface area contributed by atoms with E-state index in [1.807, 2.05) is 0 Å². The lowest BCUT2D eigenvalue weighted by atomic mass is 10.1. The number of nitrogens with zero attached hydrogens (tertiary/aromatic N) is 1. The first-order valence-corrected chi connectivity index (χ1v) is 6.43. The van der Waals surface area contributed by atoms with Gasteiger partial charge in [0.25, 0.3) is 5.91 Å². The molecule has 4 nitrogen and oxygen atoms in total. The van der Waals surface area contributed by atoms with Crippen LogP contribution in [0.3, 0.4) is 0 Å². The van der Waals surface area contributed by atoms with E-state index in [1.54, 1.807) is 14.1 Å². The van der Waals surface area contributed by atoms with Crippen LogP contribution >= 0.6 is 0 Å². The molecule has 4 heteroatoms. The third-order valence-electron chi connectivity index (χ3n) is 2.59. The summed E-state index contributed by atoms with van der Waals surface area (Å²) in [6.45, 7) is 2.04.